The fraction of sp³-hybridized carbons (Fsp3) is 0.214. The zero-order valence-corrected chi connectivity index (χ0v) is 20.3. The van der Waals surface area contributed by atoms with Gasteiger partial charge in [0.15, 0.2) is 11.5 Å². The SMILES string of the molecule is O=C(c1cccc(C(F)(F)F)c1)N1CCCN(c2nc3ccccc3c3nnc(-c4ccccc4)n23)CC1. The first-order valence-corrected chi connectivity index (χ1v) is 12.3. The second-order valence-electron chi connectivity index (χ2n) is 9.19. The zero-order chi connectivity index (χ0) is 26.3. The predicted molar refractivity (Wildman–Crippen MR) is 138 cm³/mol. The van der Waals surface area contributed by atoms with E-state index >= 15 is 0 Å². The largest absolute Gasteiger partial charge is 0.416 e. The molecule has 0 radical (unpaired) electrons. The Morgan fingerprint density at radius 1 is 0.816 bits per heavy atom. The average Bonchev–Trinajstić information content (AvgIpc) is 3.24. The Labute approximate surface area is 216 Å². The summed E-state index contributed by atoms with van der Waals surface area (Å²) in [6.07, 6.45) is -3.88. The number of hydrogen-bond acceptors (Lipinski definition) is 5. The minimum Gasteiger partial charge on any atom is -0.340 e. The van der Waals surface area contributed by atoms with E-state index in [2.05, 4.69) is 15.1 Å². The van der Waals surface area contributed by atoms with Gasteiger partial charge in [-0.05, 0) is 36.8 Å². The van der Waals surface area contributed by atoms with E-state index in [4.69, 9.17) is 4.98 Å². The normalized spacial score (nSPS) is 14.7. The molecule has 10 heteroatoms. The lowest BCUT2D eigenvalue weighted by molar-refractivity contribution is -0.137. The number of alkyl halides is 3. The molecule has 1 amide bonds. The highest BCUT2D eigenvalue weighted by molar-refractivity contribution is 5.95. The Balaban J connectivity index is 1.35. The molecule has 0 N–H and O–H groups in total. The number of rotatable bonds is 3. The van der Waals surface area contributed by atoms with E-state index in [1.165, 1.54) is 12.1 Å². The van der Waals surface area contributed by atoms with Crippen molar-refractivity contribution >= 4 is 28.4 Å². The van der Waals surface area contributed by atoms with Gasteiger partial charge in [-0.25, -0.2) is 9.38 Å². The van der Waals surface area contributed by atoms with Crippen molar-refractivity contribution < 1.29 is 18.0 Å². The molecule has 0 atom stereocenters. The van der Waals surface area contributed by atoms with Crippen molar-refractivity contribution in [2.75, 3.05) is 31.1 Å². The first kappa shape index (κ1) is 23.9. The number of anilines is 1. The molecule has 1 aliphatic rings. The second-order valence-corrected chi connectivity index (χ2v) is 9.19. The molecule has 7 nitrogen and oxygen atoms in total. The average molecular weight is 517 g/mol. The van der Waals surface area contributed by atoms with E-state index in [0.29, 0.717) is 50.0 Å². The summed E-state index contributed by atoms with van der Waals surface area (Å²) in [6, 6.07) is 22.1. The molecule has 38 heavy (non-hydrogen) atoms. The number of hydrogen-bond donors (Lipinski definition) is 0. The number of nitrogens with zero attached hydrogens (tertiary/aromatic N) is 6. The molecular weight excluding hydrogens is 493 g/mol. The van der Waals surface area contributed by atoms with Crippen LogP contribution >= 0.6 is 0 Å². The molecule has 0 aliphatic carbocycles. The summed E-state index contributed by atoms with van der Waals surface area (Å²) < 4.78 is 41.5. The van der Waals surface area contributed by atoms with Crippen molar-refractivity contribution in [1.82, 2.24) is 24.5 Å². The monoisotopic (exact) mass is 516 g/mol. The molecule has 0 spiro atoms. The van der Waals surface area contributed by atoms with Crippen LogP contribution in [0.15, 0.2) is 78.9 Å². The summed E-state index contributed by atoms with van der Waals surface area (Å²) in [5, 5.41) is 9.88. The molecule has 2 aromatic heterocycles. The van der Waals surface area contributed by atoms with Gasteiger partial charge in [-0.3, -0.25) is 4.79 Å². The lowest BCUT2D eigenvalue weighted by Crippen LogP contribution is -2.36. The molecule has 3 aromatic carbocycles. The van der Waals surface area contributed by atoms with Crippen LogP contribution in [0.2, 0.25) is 0 Å². The standard InChI is InChI=1S/C28H23F3N6O/c29-28(30,31)21-11-6-10-20(18-21)26(38)35-14-7-15-36(17-16-35)27-32-23-13-5-4-12-22(23)25-34-33-24(37(25)27)19-8-2-1-3-9-19/h1-6,8-13,18H,7,14-17H2. The fourth-order valence-electron chi connectivity index (χ4n) is 4.88. The van der Waals surface area contributed by atoms with Crippen molar-refractivity contribution in [3.8, 4) is 11.4 Å². The van der Waals surface area contributed by atoms with E-state index in [1.54, 1.807) is 4.90 Å². The molecule has 1 saturated heterocycles. The van der Waals surface area contributed by atoms with Crippen molar-refractivity contribution in [3.63, 3.8) is 0 Å². The minimum absolute atomic E-state index is 0.0321. The molecule has 6 rings (SSSR count). The predicted octanol–water partition coefficient (Wildman–Crippen LogP) is 5.32. The summed E-state index contributed by atoms with van der Waals surface area (Å²) in [5.41, 5.74) is 1.57. The molecule has 5 aromatic rings. The quantitative estimate of drug-likeness (QED) is 0.325. The van der Waals surface area contributed by atoms with E-state index in [9.17, 15) is 18.0 Å². The summed E-state index contributed by atoms with van der Waals surface area (Å²) in [4.78, 5) is 21.8. The van der Waals surface area contributed by atoms with Gasteiger partial charge in [0.25, 0.3) is 5.91 Å². The van der Waals surface area contributed by atoms with Gasteiger partial charge in [-0.1, -0.05) is 48.5 Å². The van der Waals surface area contributed by atoms with Crippen LogP contribution in [0.25, 0.3) is 27.9 Å². The Hall–Kier alpha value is -4.47. The van der Waals surface area contributed by atoms with Crippen LogP contribution in [0.5, 0.6) is 0 Å². The van der Waals surface area contributed by atoms with Crippen LogP contribution in [0.1, 0.15) is 22.3 Å². The van der Waals surface area contributed by atoms with Crippen molar-refractivity contribution in [2.24, 2.45) is 0 Å². The van der Waals surface area contributed by atoms with Gasteiger partial charge in [0.1, 0.15) is 0 Å². The molecule has 192 valence electrons. The van der Waals surface area contributed by atoms with Gasteiger partial charge in [0.05, 0.1) is 11.1 Å². The number of amides is 1. The number of benzene rings is 3. The van der Waals surface area contributed by atoms with Crippen molar-refractivity contribution in [3.05, 3.63) is 90.0 Å². The van der Waals surface area contributed by atoms with Crippen LogP contribution in [-0.2, 0) is 6.18 Å². The number of fused-ring (bicyclic) bond motifs is 3. The topological polar surface area (TPSA) is 66.6 Å². The highest BCUT2D eigenvalue weighted by Gasteiger charge is 2.32. The number of para-hydroxylation sites is 1. The highest BCUT2D eigenvalue weighted by Crippen LogP contribution is 2.31. The van der Waals surface area contributed by atoms with Crippen LogP contribution in [-0.4, -0.2) is 56.6 Å². The third-order valence-electron chi connectivity index (χ3n) is 6.76. The maximum absolute atomic E-state index is 13.2. The molecule has 0 bridgehead atoms. The molecule has 0 unspecified atom stereocenters. The van der Waals surface area contributed by atoms with E-state index in [0.717, 1.165) is 28.6 Å². The smallest absolute Gasteiger partial charge is 0.340 e. The molecule has 1 fully saturated rings. The van der Waals surface area contributed by atoms with Crippen LogP contribution in [0, 0.1) is 0 Å². The Morgan fingerprint density at radius 2 is 1.61 bits per heavy atom. The van der Waals surface area contributed by atoms with Gasteiger partial charge in [-0.15, -0.1) is 10.2 Å². The third kappa shape index (κ3) is 4.31. The fourth-order valence-corrected chi connectivity index (χ4v) is 4.88. The first-order chi connectivity index (χ1) is 18.4. The van der Waals surface area contributed by atoms with E-state index in [-0.39, 0.29) is 5.56 Å². The lowest BCUT2D eigenvalue weighted by atomic mass is 10.1. The van der Waals surface area contributed by atoms with Gasteiger partial charge < -0.3 is 9.80 Å². The Bertz CT molecular complexity index is 1630. The van der Waals surface area contributed by atoms with E-state index < -0.39 is 17.6 Å². The molecule has 1 aliphatic heterocycles. The third-order valence-corrected chi connectivity index (χ3v) is 6.76. The lowest BCUT2D eigenvalue weighted by Gasteiger charge is -2.24. The number of aromatic nitrogens is 4. The summed E-state index contributed by atoms with van der Waals surface area (Å²) in [7, 11) is 0. The van der Waals surface area contributed by atoms with Gasteiger partial charge in [0, 0.05) is 42.7 Å². The van der Waals surface area contributed by atoms with Crippen molar-refractivity contribution in [2.45, 2.75) is 12.6 Å². The van der Waals surface area contributed by atoms with Crippen LogP contribution < -0.4 is 4.90 Å². The van der Waals surface area contributed by atoms with Gasteiger partial charge in [0.2, 0.25) is 5.95 Å². The van der Waals surface area contributed by atoms with Gasteiger partial charge in [-0.2, -0.15) is 13.2 Å². The van der Waals surface area contributed by atoms with Crippen LogP contribution in [0.3, 0.4) is 0 Å². The summed E-state index contributed by atoms with van der Waals surface area (Å²) in [5.74, 6) is 0.912. The van der Waals surface area contributed by atoms with E-state index in [1.807, 2.05) is 59.0 Å². The van der Waals surface area contributed by atoms with Crippen molar-refractivity contribution in [1.29, 1.82) is 0 Å². The molecule has 0 saturated carbocycles. The first-order valence-electron chi connectivity index (χ1n) is 12.3. The Morgan fingerprint density at radius 3 is 2.42 bits per heavy atom. The summed E-state index contributed by atoms with van der Waals surface area (Å²) in [6.45, 7) is 1.83. The molecule has 3 heterocycles. The maximum Gasteiger partial charge on any atom is 0.416 e. The zero-order valence-electron chi connectivity index (χ0n) is 20.3. The summed E-state index contributed by atoms with van der Waals surface area (Å²) >= 11 is 0. The number of carbonyl (C=O) groups excluding carboxylic acids is 1. The highest BCUT2D eigenvalue weighted by atomic mass is 19.4. The minimum atomic E-state index is -4.51. The second kappa shape index (κ2) is 9.44. The Kier molecular flexibility index (Phi) is 5.94. The number of carbonyl (C=O) groups is 1. The van der Waals surface area contributed by atoms with Gasteiger partial charge >= 0.3 is 6.18 Å². The van der Waals surface area contributed by atoms with Crippen LogP contribution in [0.4, 0.5) is 19.1 Å². The molecular formula is C28H23F3N6O. The maximum atomic E-state index is 13.2. The number of halogens is 3.